The summed E-state index contributed by atoms with van der Waals surface area (Å²) in [4.78, 5) is 0. The second kappa shape index (κ2) is 7.26. The summed E-state index contributed by atoms with van der Waals surface area (Å²) >= 11 is 1.91. The highest BCUT2D eigenvalue weighted by Gasteiger charge is 2.22. The van der Waals surface area contributed by atoms with Gasteiger partial charge in [0.1, 0.15) is 0 Å². The highest BCUT2D eigenvalue weighted by Crippen LogP contribution is 2.22. The van der Waals surface area contributed by atoms with Crippen molar-refractivity contribution in [2.45, 2.75) is 31.7 Å². The van der Waals surface area contributed by atoms with Crippen molar-refractivity contribution in [3.8, 4) is 0 Å². The summed E-state index contributed by atoms with van der Waals surface area (Å²) in [6.07, 6.45) is 4.54. The van der Waals surface area contributed by atoms with Crippen LogP contribution in [0.2, 0.25) is 0 Å². The molecule has 0 radical (unpaired) electrons. The van der Waals surface area contributed by atoms with Crippen LogP contribution in [0.3, 0.4) is 0 Å². The van der Waals surface area contributed by atoms with Gasteiger partial charge in [-0.05, 0) is 49.7 Å². The van der Waals surface area contributed by atoms with E-state index in [2.05, 4.69) is 10.0 Å². The predicted molar refractivity (Wildman–Crippen MR) is 80.6 cm³/mol. The van der Waals surface area contributed by atoms with E-state index in [0.29, 0.717) is 25.0 Å². The number of nitrogens with zero attached hydrogens (tertiary/aromatic N) is 1. The van der Waals surface area contributed by atoms with E-state index < -0.39 is 10.2 Å². The van der Waals surface area contributed by atoms with Crippen molar-refractivity contribution in [3.05, 3.63) is 0 Å². The Labute approximate surface area is 121 Å². The minimum atomic E-state index is -3.29. The van der Waals surface area contributed by atoms with Crippen LogP contribution in [0.4, 0.5) is 0 Å². The molecule has 1 saturated heterocycles. The number of nitrogens with one attached hydrogen (secondary N) is 2. The fraction of sp³-hybridized carbons (Fsp3) is 1.00. The molecule has 2 rings (SSSR count). The summed E-state index contributed by atoms with van der Waals surface area (Å²) in [6, 6.07) is 0.694. The average Bonchev–Trinajstić information content (AvgIpc) is 3.05. The van der Waals surface area contributed by atoms with E-state index in [9.17, 15) is 8.42 Å². The van der Waals surface area contributed by atoms with Crippen molar-refractivity contribution < 1.29 is 8.42 Å². The second-order valence-corrected chi connectivity index (χ2v) is 8.50. The molecule has 1 atom stereocenters. The van der Waals surface area contributed by atoms with Gasteiger partial charge in [-0.2, -0.15) is 24.5 Å². The van der Waals surface area contributed by atoms with E-state index in [1.54, 1.807) is 7.05 Å². The Bertz CT molecular complexity index is 365. The van der Waals surface area contributed by atoms with Gasteiger partial charge in [0.15, 0.2) is 0 Å². The molecular weight excluding hydrogens is 282 g/mol. The molecule has 2 aliphatic rings. The van der Waals surface area contributed by atoms with Crippen molar-refractivity contribution in [2.75, 3.05) is 38.2 Å². The first-order valence-electron chi connectivity index (χ1n) is 7.10. The third kappa shape index (κ3) is 5.59. The van der Waals surface area contributed by atoms with Gasteiger partial charge in [0, 0.05) is 26.2 Å². The van der Waals surface area contributed by atoms with E-state index in [0.717, 1.165) is 30.9 Å². The maximum Gasteiger partial charge on any atom is 0.279 e. The normalized spacial score (nSPS) is 24.2. The fourth-order valence-electron chi connectivity index (χ4n) is 2.09. The van der Waals surface area contributed by atoms with Gasteiger partial charge < -0.3 is 5.32 Å². The second-order valence-electron chi connectivity index (χ2n) is 5.49. The molecule has 19 heavy (non-hydrogen) atoms. The number of thioether (sulfide) groups is 1. The zero-order valence-electron chi connectivity index (χ0n) is 11.6. The van der Waals surface area contributed by atoms with Crippen molar-refractivity contribution >= 4 is 22.0 Å². The first-order chi connectivity index (χ1) is 9.08. The summed E-state index contributed by atoms with van der Waals surface area (Å²) in [5.41, 5.74) is 0. The minimum absolute atomic E-state index is 0.504. The molecule has 1 aliphatic heterocycles. The lowest BCUT2D eigenvalue weighted by molar-refractivity contribution is 0.438. The van der Waals surface area contributed by atoms with E-state index >= 15 is 0 Å². The van der Waals surface area contributed by atoms with E-state index in [4.69, 9.17) is 0 Å². The lowest BCUT2D eigenvalue weighted by Gasteiger charge is -2.19. The third-order valence-corrected chi connectivity index (χ3v) is 6.42. The molecule has 0 aromatic rings. The topological polar surface area (TPSA) is 61.4 Å². The fourth-order valence-corrected chi connectivity index (χ4v) is 4.41. The van der Waals surface area contributed by atoms with Crippen LogP contribution in [0, 0.1) is 5.92 Å². The molecule has 1 saturated carbocycles. The maximum atomic E-state index is 12.0. The smallest absolute Gasteiger partial charge is 0.279 e. The summed E-state index contributed by atoms with van der Waals surface area (Å²) in [7, 11) is -1.63. The Kier molecular flexibility index (Phi) is 5.95. The number of hydrogen-bond acceptors (Lipinski definition) is 4. The van der Waals surface area contributed by atoms with Crippen molar-refractivity contribution in [2.24, 2.45) is 5.92 Å². The highest BCUT2D eigenvalue weighted by atomic mass is 32.2. The predicted octanol–water partition coefficient (Wildman–Crippen LogP) is 0.648. The van der Waals surface area contributed by atoms with Gasteiger partial charge in [-0.3, -0.25) is 0 Å². The molecule has 2 N–H and O–H groups in total. The highest BCUT2D eigenvalue weighted by molar-refractivity contribution is 7.99. The molecule has 7 heteroatoms. The van der Waals surface area contributed by atoms with Crippen LogP contribution in [0.5, 0.6) is 0 Å². The van der Waals surface area contributed by atoms with Crippen LogP contribution in [0.15, 0.2) is 0 Å². The standard InChI is InChI=1S/C12H25N3O2S2/c1-15(7-2-6-13-12-3-4-12)19(16,17)14-9-11-5-8-18-10-11/h11-14H,2-10H2,1H3. The van der Waals surface area contributed by atoms with Crippen LogP contribution in [-0.2, 0) is 10.2 Å². The summed E-state index contributed by atoms with van der Waals surface area (Å²) < 4.78 is 28.2. The van der Waals surface area contributed by atoms with Crippen LogP contribution >= 0.6 is 11.8 Å². The van der Waals surface area contributed by atoms with Gasteiger partial charge >= 0.3 is 0 Å². The SMILES string of the molecule is CN(CCCNC1CC1)S(=O)(=O)NCC1CCSC1. The number of hydrogen-bond donors (Lipinski definition) is 2. The van der Waals surface area contributed by atoms with Crippen molar-refractivity contribution in [1.82, 2.24) is 14.3 Å². The molecule has 1 heterocycles. The van der Waals surface area contributed by atoms with Gasteiger partial charge in [-0.25, -0.2) is 4.72 Å². The molecule has 0 amide bonds. The zero-order chi connectivity index (χ0) is 13.7. The minimum Gasteiger partial charge on any atom is -0.314 e. The quantitative estimate of drug-likeness (QED) is 0.614. The lowest BCUT2D eigenvalue weighted by Crippen LogP contribution is -2.41. The molecule has 1 aliphatic carbocycles. The molecule has 0 bridgehead atoms. The maximum absolute atomic E-state index is 12.0. The largest absolute Gasteiger partial charge is 0.314 e. The van der Waals surface area contributed by atoms with Gasteiger partial charge in [-0.1, -0.05) is 0 Å². The molecule has 112 valence electrons. The molecule has 0 aromatic heterocycles. The first-order valence-corrected chi connectivity index (χ1v) is 9.69. The summed E-state index contributed by atoms with van der Waals surface area (Å²) in [6.45, 7) is 2.07. The summed E-state index contributed by atoms with van der Waals surface area (Å²) in [5.74, 6) is 2.75. The average molecular weight is 307 g/mol. The molecule has 2 fully saturated rings. The molecule has 0 aromatic carbocycles. The van der Waals surface area contributed by atoms with Crippen LogP contribution in [0.25, 0.3) is 0 Å². The Balaban J connectivity index is 1.61. The van der Waals surface area contributed by atoms with Gasteiger partial charge in [0.05, 0.1) is 0 Å². The van der Waals surface area contributed by atoms with Crippen LogP contribution < -0.4 is 10.0 Å². The Morgan fingerprint density at radius 3 is 2.74 bits per heavy atom. The van der Waals surface area contributed by atoms with Crippen molar-refractivity contribution in [1.29, 1.82) is 0 Å². The Morgan fingerprint density at radius 2 is 2.11 bits per heavy atom. The number of rotatable bonds is 9. The van der Waals surface area contributed by atoms with Gasteiger partial charge in [-0.15, -0.1) is 0 Å². The van der Waals surface area contributed by atoms with Gasteiger partial charge in [0.2, 0.25) is 0 Å². The first kappa shape index (κ1) is 15.6. The molecule has 1 unspecified atom stereocenters. The monoisotopic (exact) mass is 307 g/mol. The third-order valence-electron chi connectivity index (χ3n) is 3.65. The zero-order valence-corrected chi connectivity index (χ0v) is 13.2. The van der Waals surface area contributed by atoms with Gasteiger partial charge in [0.25, 0.3) is 10.2 Å². The molecule has 5 nitrogen and oxygen atoms in total. The van der Waals surface area contributed by atoms with E-state index in [-0.39, 0.29) is 0 Å². The lowest BCUT2D eigenvalue weighted by atomic mass is 10.1. The van der Waals surface area contributed by atoms with E-state index in [1.807, 2.05) is 11.8 Å². The Morgan fingerprint density at radius 1 is 1.32 bits per heavy atom. The summed E-state index contributed by atoms with van der Waals surface area (Å²) in [5, 5.41) is 3.40. The molecule has 0 spiro atoms. The van der Waals surface area contributed by atoms with E-state index in [1.165, 1.54) is 17.1 Å². The molecular formula is C12H25N3O2S2. The van der Waals surface area contributed by atoms with Crippen LogP contribution in [-0.4, -0.2) is 57.0 Å². The Hall–Kier alpha value is 0.180. The van der Waals surface area contributed by atoms with Crippen LogP contribution in [0.1, 0.15) is 25.7 Å². The van der Waals surface area contributed by atoms with Crippen molar-refractivity contribution in [3.63, 3.8) is 0 Å².